The zero-order valence-corrected chi connectivity index (χ0v) is 22.2. The summed E-state index contributed by atoms with van der Waals surface area (Å²) in [5.74, 6) is 5.99. The molecule has 2 bridgehead atoms. The third kappa shape index (κ3) is 3.68. The predicted molar refractivity (Wildman–Crippen MR) is 140 cm³/mol. The van der Waals surface area contributed by atoms with Gasteiger partial charge in [-0.3, -0.25) is 9.69 Å². The lowest BCUT2D eigenvalue weighted by atomic mass is 9.48. The number of aliphatic hydroxyl groups is 1. The van der Waals surface area contributed by atoms with Crippen molar-refractivity contribution < 1.29 is 32.9 Å². The van der Waals surface area contributed by atoms with E-state index < -0.39 is 34.8 Å². The molecule has 0 aromatic heterocycles. The van der Waals surface area contributed by atoms with Crippen molar-refractivity contribution in [1.29, 1.82) is 0 Å². The van der Waals surface area contributed by atoms with Crippen LogP contribution in [0.3, 0.4) is 0 Å². The molecule has 2 aromatic rings. The molecule has 1 saturated heterocycles. The van der Waals surface area contributed by atoms with E-state index in [9.17, 15) is 28.2 Å². The van der Waals surface area contributed by atoms with E-state index in [1.807, 2.05) is 6.07 Å². The van der Waals surface area contributed by atoms with E-state index in [-0.39, 0.29) is 17.8 Å². The number of hydrogen-bond donors (Lipinski definition) is 2. The largest absolute Gasteiger partial charge is 0.504 e. The number of carbonyl (C=O) groups is 1. The highest BCUT2D eigenvalue weighted by Crippen LogP contribution is 2.65. The van der Waals surface area contributed by atoms with Crippen LogP contribution in [0.25, 0.3) is 0 Å². The molecule has 210 valence electrons. The minimum Gasteiger partial charge on any atom is -0.504 e. The molecule has 5 aliphatic rings. The number of nitrogens with zero attached hydrogens (tertiary/aromatic N) is 2. The number of ether oxygens (including phenoxy) is 1. The van der Waals surface area contributed by atoms with Crippen LogP contribution in [-0.2, 0) is 22.8 Å². The second kappa shape index (κ2) is 8.64. The third-order valence-electron chi connectivity index (χ3n) is 10.1. The number of aromatic hydroxyl groups is 1. The second-order valence-corrected chi connectivity index (χ2v) is 12.2. The summed E-state index contributed by atoms with van der Waals surface area (Å²) in [6, 6.07) is 7.55. The fourth-order valence-electron chi connectivity index (χ4n) is 7.90. The van der Waals surface area contributed by atoms with Crippen molar-refractivity contribution in [1.82, 2.24) is 9.80 Å². The van der Waals surface area contributed by atoms with Crippen LogP contribution in [0.2, 0.25) is 0 Å². The van der Waals surface area contributed by atoms with Crippen molar-refractivity contribution in [3.63, 3.8) is 0 Å². The van der Waals surface area contributed by atoms with Gasteiger partial charge in [0.15, 0.2) is 11.5 Å². The Morgan fingerprint density at radius 1 is 1.20 bits per heavy atom. The normalized spacial score (nSPS) is 32.0. The molecule has 40 heavy (non-hydrogen) atoms. The van der Waals surface area contributed by atoms with Crippen LogP contribution in [0.15, 0.2) is 36.4 Å². The lowest BCUT2D eigenvalue weighted by Crippen LogP contribution is -2.77. The Balaban J connectivity index is 1.19. The fraction of sp³-hybridized carbons (Fsp3) is 0.516. The Morgan fingerprint density at radius 3 is 2.65 bits per heavy atom. The first-order valence-electron chi connectivity index (χ1n) is 14.0. The van der Waals surface area contributed by atoms with E-state index in [1.54, 1.807) is 13.1 Å². The van der Waals surface area contributed by atoms with Gasteiger partial charge in [0, 0.05) is 49.1 Å². The molecule has 3 aliphatic carbocycles. The number of piperidine rings is 1. The van der Waals surface area contributed by atoms with Crippen molar-refractivity contribution >= 4 is 5.91 Å². The number of carbonyl (C=O) groups excluding carboxylic acids is 1. The van der Waals surface area contributed by atoms with Gasteiger partial charge in [0.1, 0.15) is 6.10 Å². The van der Waals surface area contributed by atoms with Gasteiger partial charge >= 0.3 is 6.18 Å². The number of halogens is 3. The number of rotatable bonds is 3. The molecule has 2 aromatic carbocycles. The maximum absolute atomic E-state index is 13.2. The molecule has 2 saturated carbocycles. The molecular weight excluding hydrogens is 521 g/mol. The minimum atomic E-state index is -4.44. The second-order valence-electron chi connectivity index (χ2n) is 12.2. The summed E-state index contributed by atoms with van der Waals surface area (Å²) < 4.78 is 45.1. The van der Waals surface area contributed by atoms with Gasteiger partial charge in [-0.15, -0.1) is 0 Å². The zero-order chi connectivity index (χ0) is 28.0. The van der Waals surface area contributed by atoms with Gasteiger partial charge in [0.2, 0.25) is 0 Å². The van der Waals surface area contributed by atoms with Gasteiger partial charge in [0.05, 0.1) is 16.6 Å². The van der Waals surface area contributed by atoms with E-state index in [1.165, 1.54) is 29.9 Å². The van der Waals surface area contributed by atoms with Crippen LogP contribution < -0.4 is 4.74 Å². The van der Waals surface area contributed by atoms with E-state index >= 15 is 0 Å². The number of amides is 1. The number of phenolic OH excluding ortho intramolecular Hbond substituents is 1. The lowest BCUT2D eigenvalue weighted by molar-refractivity contribution is -0.198. The topological polar surface area (TPSA) is 73.2 Å². The molecule has 0 unspecified atom stereocenters. The summed E-state index contributed by atoms with van der Waals surface area (Å²) in [5.41, 5.74) is -0.203. The summed E-state index contributed by atoms with van der Waals surface area (Å²) in [7, 11) is 1.65. The molecule has 9 heteroatoms. The molecule has 2 aliphatic heterocycles. The number of benzene rings is 2. The van der Waals surface area contributed by atoms with Crippen molar-refractivity contribution in [3.8, 4) is 23.3 Å². The smallest absolute Gasteiger partial charge is 0.416 e. The monoisotopic (exact) mass is 552 g/mol. The van der Waals surface area contributed by atoms with Crippen molar-refractivity contribution in [2.24, 2.45) is 5.92 Å². The van der Waals surface area contributed by atoms with Gasteiger partial charge in [-0.1, -0.05) is 12.0 Å². The van der Waals surface area contributed by atoms with Crippen LogP contribution in [0, 0.1) is 17.8 Å². The summed E-state index contributed by atoms with van der Waals surface area (Å²) >= 11 is 0. The summed E-state index contributed by atoms with van der Waals surface area (Å²) in [4.78, 5) is 17.1. The van der Waals surface area contributed by atoms with Gasteiger partial charge in [-0.05, 0) is 80.5 Å². The molecule has 2 N–H and O–H groups in total. The molecule has 1 spiro atoms. The molecule has 3 fully saturated rings. The Labute approximate surface area is 230 Å². The van der Waals surface area contributed by atoms with Crippen molar-refractivity contribution in [2.75, 3.05) is 20.1 Å². The maximum atomic E-state index is 13.2. The summed E-state index contributed by atoms with van der Waals surface area (Å²) in [5, 5.41) is 23.4. The summed E-state index contributed by atoms with van der Waals surface area (Å²) in [6.45, 7) is 1.81. The predicted octanol–water partition coefficient (Wildman–Crippen LogP) is 3.85. The molecule has 5 atom stereocenters. The molecule has 1 amide bonds. The number of phenols is 1. The van der Waals surface area contributed by atoms with Crippen LogP contribution >= 0.6 is 0 Å². The van der Waals surface area contributed by atoms with Crippen LogP contribution in [0.4, 0.5) is 13.2 Å². The Bertz CT molecular complexity index is 1440. The van der Waals surface area contributed by atoms with Gasteiger partial charge < -0.3 is 19.8 Å². The maximum Gasteiger partial charge on any atom is 0.416 e. The fourth-order valence-corrected chi connectivity index (χ4v) is 7.90. The Morgan fingerprint density at radius 2 is 1.95 bits per heavy atom. The zero-order valence-electron chi connectivity index (χ0n) is 22.2. The first-order valence-corrected chi connectivity index (χ1v) is 14.0. The average Bonchev–Trinajstić information content (AvgIpc) is 3.67. The van der Waals surface area contributed by atoms with Crippen LogP contribution in [0.1, 0.15) is 54.4 Å². The van der Waals surface area contributed by atoms with E-state index in [2.05, 4.69) is 16.7 Å². The Kier molecular flexibility index (Phi) is 5.56. The molecule has 2 heterocycles. The van der Waals surface area contributed by atoms with E-state index in [0.717, 1.165) is 42.8 Å². The standard InChI is InChI=1S/C31H31F3N2O4/c1-35(26(38)11-6-18-4-8-21(9-5-18)31(32,33)34)22-15-25-29-12-13-36(17-19-2-3-19)24(30(29,39)16-22)14-20-7-10-23(37)28(40-25)27(20)29/h4-5,7-10,19,22,24-25,37,39H,2-3,12-17H2,1H3/t22-,24+,25-,29+,30+/m0/s1. The highest BCUT2D eigenvalue weighted by Gasteiger charge is 2.72. The minimum absolute atomic E-state index is 0.0760. The van der Waals surface area contributed by atoms with Gasteiger partial charge in [-0.2, -0.15) is 13.2 Å². The van der Waals surface area contributed by atoms with Crippen molar-refractivity contribution in [2.45, 2.75) is 73.9 Å². The first kappa shape index (κ1) is 25.7. The number of hydrogen-bond acceptors (Lipinski definition) is 5. The molecule has 7 rings (SSSR count). The van der Waals surface area contributed by atoms with E-state index in [0.29, 0.717) is 36.5 Å². The quantitative estimate of drug-likeness (QED) is 0.566. The average molecular weight is 553 g/mol. The van der Waals surface area contributed by atoms with E-state index in [4.69, 9.17) is 4.74 Å². The van der Waals surface area contributed by atoms with Crippen molar-refractivity contribution in [3.05, 3.63) is 58.7 Å². The summed E-state index contributed by atoms with van der Waals surface area (Å²) in [6.07, 6.45) is -0.198. The highest BCUT2D eigenvalue weighted by molar-refractivity contribution is 5.94. The Hall–Kier alpha value is -3.22. The molecular formula is C31H31F3N2O4. The number of likely N-dealkylation sites (tertiary alicyclic amines) is 1. The lowest BCUT2D eigenvalue weighted by Gasteiger charge is -2.64. The SMILES string of the molecule is CN(C(=O)C#Cc1ccc(C(F)(F)F)cc1)[C@H]1C[C@@H]2Oc3c(O)ccc4c3[C@@]23CCN(CC2CC2)[C@H](C4)[C@]3(O)C1. The number of alkyl halides is 3. The highest BCUT2D eigenvalue weighted by atomic mass is 19.4. The van der Waals surface area contributed by atoms with Gasteiger partial charge in [0.25, 0.3) is 5.91 Å². The first-order chi connectivity index (χ1) is 19.0. The van der Waals surface area contributed by atoms with Crippen LogP contribution in [-0.4, -0.2) is 69.8 Å². The molecule has 6 nitrogen and oxygen atoms in total. The van der Waals surface area contributed by atoms with Crippen LogP contribution in [0.5, 0.6) is 11.5 Å². The van der Waals surface area contributed by atoms with Gasteiger partial charge in [-0.25, -0.2) is 0 Å². The molecule has 0 radical (unpaired) electrons. The third-order valence-corrected chi connectivity index (χ3v) is 10.1.